The maximum atomic E-state index is 10.4. The van der Waals surface area contributed by atoms with E-state index in [0.717, 1.165) is 29.1 Å². The zero-order valence-electron chi connectivity index (χ0n) is 11.7. The van der Waals surface area contributed by atoms with Gasteiger partial charge in [0, 0.05) is 26.2 Å². The number of hydrogen-bond acceptors (Lipinski definition) is 3. The molecule has 0 radical (unpaired) electrons. The van der Waals surface area contributed by atoms with Gasteiger partial charge in [0.15, 0.2) is 0 Å². The zero-order chi connectivity index (χ0) is 14.1. The van der Waals surface area contributed by atoms with E-state index in [2.05, 4.69) is 10.1 Å². The highest BCUT2D eigenvalue weighted by atomic mass is 16.3. The summed E-state index contributed by atoms with van der Waals surface area (Å²) in [4.78, 5) is 4.59. The summed E-state index contributed by atoms with van der Waals surface area (Å²) in [7, 11) is 1.98. The van der Waals surface area contributed by atoms with Crippen LogP contribution in [0.5, 0.6) is 0 Å². The lowest BCUT2D eigenvalue weighted by Gasteiger charge is -2.12. The zero-order valence-corrected chi connectivity index (χ0v) is 11.7. The number of fused-ring (bicyclic) bond motifs is 1. The lowest BCUT2D eigenvalue weighted by atomic mass is 10.2. The van der Waals surface area contributed by atoms with Gasteiger partial charge < -0.3 is 9.67 Å². The molecule has 0 aliphatic rings. The first kappa shape index (κ1) is 12.9. The third kappa shape index (κ3) is 2.10. The first-order valence-corrected chi connectivity index (χ1v) is 6.80. The fourth-order valence-electron chi connectivity index (χ4n) is 2.55. The SMILES string of the molecule is CCn1nccc1C(O)Cc1nc2ccccc2n1C. The largest absolute Gasteiger partial charge is 0.386 e. The van der Waals surface area contributed by atoms with E-state index in [1.165, 1.54) is 0 Å². The van der Waals surface area contributed by atoms with E-state index >= 15 is 0 Å². The van der Waals surface area contributed by atoms with Crippen LogP contribution in [0.2, 0.25) is 0 Å². The molecule has 3 aromatic rings. The number of hydrogen-bond donors (Lipinski definition) is 1. The number of benzene rings is 1. The van der Waals surface area contributed by atoms with E-state index in [0.29, 0.717) is 6.42 Å². The molecule has 0 amide bonds. The van der Waals surface area contributed by atoms with Crippen LogP contribution in [0.15, 0.2) is 36.5 Å². The summed E-state index contributed by atoms with van der Waals surface area (Å²) in [6, 6.07) is 9.85. The molecule has 1 unspecified atom stereocenters. The highest BCUT2D eigenvalue weighted by Gasteiger charge is 2.17. The number of rotatable bonds is 4. The van der Waals surface area contributed by atoms with Gasteiger partial charge in [-0.3, -0.25) is 4.68 Å². The van der Waals surface area contributed by atoms with Crippen molar-refractivity contribution in [3.05, 3.63) is 48.0 Å². The second kappa shape index (κ2) is 5.09. The maximum absolute atomic E-state index is 10.4. The van der Waals surface area contributed by atoms with Crippen molar-refractivity contribution in [1.82, 2.24) is 19.3 Å². The van der Waals surface area contributed by atoms with Crippen molar-refractivity contribution in [3.8, 4) is 0 Å². The number of aryl methyl sites for hydroxylation is 2. The Labute approximate surface area is 117 Å². The average molecular weight is 270 g/mol. The van der Waals surface area contributed by atoms with Crippen molar-refractivity contribution < 1.29 is 5.11 Å². The van der Waals surface area contributed by atoms with Gasteiger partial charge in [0.2, 0.25) is 0 Å². The summed E-state index contributed by atoms with van der Waals surface area (Å²) in [5, 5.41) is 14.6. The number of aliphatic hydroxyl groups is 1. The van der Waals surface area contributed by atoms with Crippen molar-refractivity contribution in [2.75, 3.05) is 0 Å². The van der Waals surface area contributed by atoms with E-state index in [9.17, 15) is 5.11 Å². The molecule has 0 saturated heterocycles. The standard InChI is InChI=1S/C15H18N4O/c1-3-19-13(8-9-16-19)14(20)10-15-17-11-6-4-5-7-12(11)18(15)2/h4-9,14,20H,3,10H2,1-2H3. The summed E-state index contributed by atoms with van der Waals surface area (Å²) in [6.07, 6.45) is 1.61. The second-order valence-corrected chi connectivity index (χ2v) is 4.87. The Morgan fingerprint density at radius 3 is 2.80 bits per heavy atom. The Balaban J connectivity index is 1.91. The fourth-order valence-corrected chi connectivity index (χ4v) is 2.55. The second-order valence-electron chi connectivity index (χ2n) is 4.87. The highest BCUT2D eigenvalue weighted by Crippen LogP contribution is 2.21. The van der Waals surface area contributed by atoms with Crippen molar-refractivity contribution in [1.29, 1.82) is 0 Å². The predicted octanol–water partition coefficient (Wildman–Crippen LogP) is 2.07. The van der Waals surface area contributed by atoms with Crippen molar-refractivity contribution in [3.63, 3.8) is 0 Å². The molecule has 0 fully saturated rings. The van der Waals surface area contributed by atoms with Crippen molar-refractivity contribution in [2.24, 2.45) is 7.05 Å². The van der Waals surface area contributed by atoms with E-state index < -0.39 is 6.10 Å². The van der Waals surface area contributed by atoms with Crippen LogP contribution < -0.4 is 0 Å². The highest BCUT2D eigenvalue weighted by molar-refractivity contribution is 5.75. The van der Waals surface area contributed by atoms with Crippen LogP contribution >= 0.6 is 0 Å². The summed E-state index contributed by atoms with van der Waals surface area (Å²) < 4.78 is 3.85. The molecule has 0 spiro atoms. The minimum atomic E-state index is -0.590. The van der Waals surface area contributed by atoms with Crippen LogP contribution in [0.3, 0.4) is 0 Å². The third-order valence-electron chi connectivity index (χ3n) is 3.65. The normalized spacial score (nSPS) is 12.9. The molecule has 0 aliphatic carbocycles. The van der Waals surface area contributed by atoms with Gasteiger partial charge in [-0.05, 0) is 25.1 Å². The molecule has 5 nitrogen and oxygen atoms in total. The number of aromatic nitrogens is 4. The Bertz CT molecular complexity index is 728. The van der Waals surface area contributed by atoms with Crippen LogP contribution in [0, 0.1) is 0 Å². The number of nitrogens with zero attached hydrogens (tertiary/aromatic N) is 4. The number of para-hydroxylation sites is 2. The lowest BCUT2D eigenvalue weighted by Crippen LogP contribution is -2.12. The predicted molar refractivity (Wildman–Crippen MR) is 77.3 cm³/mol. The van der Waals surface area contributed by atoms with Crippen LogP contribution in [0.1, 0.15) is 24.5 Å². The van der Waals surface area contributed by atoms with Crippen LogP contribution in [-0.4, -0.2) is 24.4 Å². The average Bonchev–Trinajstić information content (AvgIpc) is 3.05. The van der Waals surface area contributed by atoms with Gasteiger partial charge in [-0.25, -0.2) is 4.98 Å². The quantitative estimate of drug-likeness (QED) is 0.789. The molecule has 0 aliphatic heterocycles. The topological polar surface area (TPSA) is 55.9 Å². The summed E-state index contributed by atoms with van der Waals surface area (Å²) in [5.74, 6) is 0.877. The van der Waals surface area contributed by atoms with Crippen LogP contribution in [-0.2, 0) is 20.0 Å². The molecule has 104 valence electrons. The molecule has 20 heavy (non-hydrogen) atoms. The van der Waals surface area contributed by atoms with Gasteiger partial charge in [0.05, 0.1) is 16.7 Å². The van der Waals surface area contributed by atoms with Crippen LogP contribution in [0.25, 0.3) is 11.0 Å². The Morgan fingerprint density at radius 2 is 2.05 bits per heavy atom. The molecule has 5 heteroatoms. The van der Waals surface area contributed by atoms with E-state index in [4.69, 9.17) is 0 Å². The van der Waals surface area contributed by atoms with Crippen molar-refractivity contribution in [2.45, 2.75) is 26.0 Å². The minimum absolute atomic E-state index is 0.483. The summed E-state index contributed by atoms with van der Waals surface area (Å²) in [6.45, 7) is 2.76. The van der Waals surface area contributed by atoms with E-state index in [1.54, 1.807) is 6.20 Å². The van der Waals surface area contributed by atoms with Gasteiger partial charge in [-0.2, -0.15) is 5.10 Å². The maximum Gasteiger partial charge on any atom is 0.112 e. The Hall–Kier alpha value is -2.14. The van der Waals surface area contributed by atoms with E-state index in [1.807, 2.05) is 53.6 Å². The molecule has 0 saturated carbocycles. The Kier molecular flexibility index (Phi) is 3.28. The van der Waals surface area contributed by atoms with Crippen molar-refractivity contribution >= 4 is 11.0 Å². The lowest BCUT2D eigenvalue weighted by molar-refractivity contribution is 0.164. The summed E-state index contributed by atoms with van der Waals surface area (Å²) >= 11 is 0. The molecular formula is C15H18N4O. The molecule has 1 N–H and O–H groups in total. The molecule has 2 heterocycles. The minimum Gasteiger partial charge on any atom is -0.386 e. The van der Waals surface area contributed by atoms with Gasteiger partial charge >= 0.3 is 0 Å². The smallest absolute Gasteiger partial charge is 0.112 e. The molecule has 1 atom stereocenters. The molecule has 2 aromatic heterocycles. The van der Waals surface area contributed by atoms with Crippen LogP contribution in [0.4, 0.5) is 0 Å². The number of imidazole rings is 1. The third-order valence-corrected chi connectivity index (χ3v) is 3.65. The number of aliphatic hydroxyl groups excluding tert-OH is 1. The monoisotopic (exact) mass is 270 g/mol. The van der Waals surface area contributed by atoms with Gasteiger partial charge in [0.25, 0.3) is 0 Å². The molecular weight excluding hydrogens is 252 g/mol. The molecule has 3 rings (SSSR count). The molecule has 1 aromatic carbocycles. The van der Waals surface area contributed by atoms with Gasteiger partial charge in [0.1, 0.15) is 11.9 Å². The van der Waals surface area contributed by atoms with E-state index in [-0.39, 0.29) is 0 Å². The fraction of sp³-hybridized carbons (Fsp3) is 0.333. The Morgan fingerprint density at radius 1 is 1.25 bits per heavy atom. The van der Waals surface area contributed by atoms with Gasteiger partial charge in [-0.15, -0.1) is 0 Å². The first-order valence-electron chi connectivity index (χ1n) is 6.80. The first-order chi connectivity index (χ1) is 9.70. The van der Waals surface area contributed by atoms with Gasteiger partial charge in [-0.1, -0.05) is 12.1 Å². The molecule has 0 bridgehead atoms. The summed E-state index contributed by atoms with van der Waals surface area (Å²) in [5.41, 5.74) is 2.87.